The molecule has 0 saturated carbocycles. The number of nitrogens with zero attached hydrogens (tertiary/aromatic N) is 1. The van der Waals surface area contributed by atoms with E-state index in [1.54, 1.807) is 4.90 Å². The molecule has 0 bridgehead atoms. The third-order valence-electron chi connectivity index (χ3n) is 4.28. The molecule has 19 heavy (non-hydrogen) atoms. The topological polar surface area (TPSA) is 40.5 Å². The molecule has 0 aromatic heterocycles. The van der Waals surface area contributed by atoms with Gasteiger partial charge in [-0.2, -0.15) is 0 Å². The molecule has 0 radical (unpaired) electrons. The minimum atomic E-state index is -0.724. The molecule has 2 atom stereocenters. The predicted molar refractivity (Wildman–Crippen MR) is 73.2 cm³/mol. The van der Waals surface area contributed by atoms with E-state index in [1.165, 1.54) is 0 Å². The molecule has 1 aliphatic carbocycles. The molecule has 1 heterocycles. The van der Waals surface area contributed by atoms with E-state index in [9.17, 15) is 9.90 Å². The van der Waals surface area contributed by atoms with Gasteiger partial charge < -0.3 is 10.0 Å². The summed E-state index contributed by atoms with van der Waals surface area (Å²) in [6.07, 6.45) is 3.10. The summed E-state index contributed by atoms with van der Waals surface area (Å²) in [5, 5.41) is 10.4. The van der Waals surface area contributed by atoms with Crippen LogP contribution in [0, 0.1) is 0 Å². The summed E-state index contributed by atoms with van der Waals surface area (Å²) in [4.78, 5) is 14.1. The highest BCUT2D eigenvalue weighted by molar-refractivity contribution is 5.97. The molecule has 0 spiro atoms. The molecule has 1 aromatic carbocycles. The Morgan fingerprint density at radius 1 is 1.21 bits per heavy atom. The van der Waals surface area contributed by atoms with Crippen LogP contribution in [0.5, 0.6) is 0 Å². The van der Waals surface area contributed by atoms with Crippen molar-refractivity contribution >= 4 is 5.91 Å². The van der Waals surface area contributed by atoms with Crippen LogP contribution >= 0.6 is 0 Å². The number of aliphatic hydroxyl groups excluding tert-OH is 1. The van der Waals surface area contributed by atoms with Crippen LogP contribution in [-0.4, -0.2) is 22.1 Å². The Morgan fingerprint density at radius 3 is 2.58 bits per heavy atom. The summed E-state index contributed by atoms with van der Waals surface area (Å²) in [5.74, 6) is 0.0264. The molecule has 1 N–H and O–H groups in total. The Bertz CT molecular complexity index is 521. The van der Waals surface area contributed by atoms with Crippen molar-refractivity contribution in [1.82, 2.24) is 4.90 Å². The van der Waals surface area contributed by atoms with Crippen LogP contribution in [0.1, 0.15) is 44.2 Å². The zero-order valence-electron chi connectivity index (χ0n) is 11.2. The first-order chi connectivity index (χ1) is 9.20. The van der Waals surface area contributed by atoms with Crippen LogP contribution in [0.4, 0.5) is 0 Å². The van der Waals surface area contributed by atoms with Gasteiger partial charge in [0.15, 0.2) is 6.23 Å². The van der Waals surface area contributed by atoms with Crippen LogP contribution in [0.3, 0.4) is 0 Å². The number of benzene rings is 1. The van der Waals surface area contributed by atoms with E-state index in [4.69, 9.17) is 0 Å². The van der Waals surface area contributed by atoms with Gasteiger partial charge in [0, 0.05) is 5.57 Å². The number of carbonyl (C=O) groups is 1. The lowest BCUT2D eigenvalue weighted by atomic mass is 9.93. The molecule has 3 heteroatoms. The molecule has 1 aliphatic heterocycles. The number of hydrogen-bond acceptors (Lipinski definition) is 2. The minimum absolute atomic E-state index is 0.0264. The molecule has 2 aliphatic rings. The molecular weight excluding hydrogens is 238 g/mol. The summed E-state index contributed by atoms with van der Waals surface area (Å²) in [6.45, 7) is 1.98. The fraction of sp³-hybridized carbons (Fsp3) is 0.438. The largest absolute Gasteiger partial charge is 0.369 e. The fourth-order valence-corrected chi connectivity index (χ4v) is 3.17. The van der Waals surface area contributed by atoms with Crippen LogP contribution in [0.15, 0.2) is 41.5 Å². The zero-order valence-corrected chi connectivity index (χ0v) is 11.2. The van der Waals surface area contributed by atoms with Crippen LogP contribution in [0.25, 0.3) is 0 Å². The average Bonchev–Trinajstić information content (AvgIpc) is 2.72. The monoisotopic (exact) mass is 257 g/mol. The lowest BCUT2D eigenvalue weighted by Crippen LogP contribution is -2.37. The molecule has 1 amide bonds. The average molecular weight is 257 g/mol. The lowest BCUT2D eigenvalue weighted by Gasteiger charge is -2.29. The van der Waals surface area contributed by atoms with E-state index in [2.05, 4.69) is 0 Å². The third-order valence-corrected chi connectivity index (χ3v) is 4.28. The van der Waals surface area contributed by atoms with E-state index in [-0.39, 0.29) is 11.9 Å². The Hall–Kier alpha value is -1.61. The number of amides is 1. The van der Waals surface area contributed by atoms with E-state index < -0.39 is 6.23 Å². The second-order valence-corrected chi connectivity index (χ2v) is 5.38. The second-order valence-electron chi connectivity index (χ2n) is 5.38. The van der Waals surface area contributed by atoms with Crippen molar-refractivity contribution in [2.75, 3.05) is 0 Å². The van der Waals surface area contributed by atoms with E-state index in [0.29, 0.717) is 0 Å². The fourth-order valence-electron chi connectivity index (χ4n) is 3.17. The van der Waals surface area contributed by atoms with Crippen molar-refractivity contribution in [3.8, 4) is 0 Å². The van der Waals surface area contributed by atoms with Gasteiger partial charge in [-0.25, -0.2) is 0 Å². The van der Waals surface area contributed by atoms with Crippen molar-refractivity contribution in [2.24, 2.45) is 0 Å². The summed E-state index contributed by atoms with van der Waals surface area (Å²) < 4.78 is 0. The number of aliphatic hydroxyl groups is 1. The first kappa shape index (κ1) is 12.4. The first-order valence-electron chi connectivity index (χ1n) is 6.97. The van der Waals surface area contributed by atoms with Crippen molar-refractivity contribution in [2.45, 2.75) is 44.9 Å². The highest BCUT2D eigenvalue weighted by Gasteiger charge is 2.41. The summed E-state index contributed by atoms with van der Waals surface area (Å²) in [5.41, 5.74) is 2.88. The summed E-state index contributed by atoms with van der Waals surface area (Å²) >= 11 is 0. The Balaban J connectivity index is 1.89. The van der Waals surface area contributed by atoms with Gasteiger partial charge in [-0.05, 0) is 43.7 Å². The van der Waals surface area contributed by atoms with Gasteiger partial charge in [0.2, 0.25) is 0 Å². The quantitative estimate of drug-likeness (QED) is 0.885. The van der Waals surface area contributed by atoms with Gasteiger partial charge in [-0.3, -0.25) is 4.79 Å². The Kier molecular flexibility index (Phi) is 3.15. The highest BCUT2D eigenvalue weighted by atomic mass is 16.3. The van der Waals surface area contributed by atoms with Gasteiger partial charge >= 0.3 is 0 Å². The maximum atomic E-state index is 12.5. The first-order valence-corrected chi connectivity index (χ1v) is 6.97. The van der Waals surface area contributed by atoms with E-state index in [0.717, 1.165) is 42.4 Å². The lowest BCUT2D eigenvalue weighted by molar-refractivity contribution is -0.135. The molecule has 3 nitrogen and oxygen atoms in total. The molecule has 0 fully saturated rings. The number of rotatable bonds is 2. The Morgan fingerprint density at radius 2 is 1.89 bits per heavy atom. The second kappa shape index (κ2) is 4.82. The van der Waals surface area contributed by atoms with Crippen LogP contribution < -0.4 is 0 Å². The molecule has 3 rings (SSSR count). The van der Waals surface area contributed by atoms with Gasteiger partial charge in [0.1, 0.15) is 0 Å². The Labute approximate surface area is 113 Å². The van der Waals surface area contributed by atoms with Crippen molar-refractivity contribution in [3.05, 3.63) is 47.0 Å². The van der Waals surface area contributed by atoms with Crippen molar-refractivity contribution in [3.63, 3.8) is 0 Å². The summed E-state index contributed by atoms with van der Waals surface area (Å²) in [7, 11) is 0. The van der Waals surface area contributed by atoms with Gasteiger partial charge in [0.05, 0.1) is 6.04 Å². The molecule has 0 saturated heterocycles. The van der Waals surface area contributed by atoms with Crippen LogP contribution in [-0.2, 0) is 4.79 Å². The predicted octanol–water partition coefficient (Wildman–Crippen LogP) is 2.78. The normalized spacial score (nSPS) is 24.6. The maximum Gasteiger partial charge on any atom is 0.252 e. The third kappa shape index (κ3) is 1.98. The maximum absolute atomic E-state index is 12.5. The van der Waals surface area contributed by atoms with E-state index in [1.807, 2.05) is 37.3 Å². The zero-order chi connectivity index (χ0) is 13.4. The standard InChI is InChI=1S/C16H19NO2/c1-11(12-7-3-2-4-8-12)17-15(18)13-9-5-6-10-14(13)16(17)19/h2-4,7-8,11,15,18H,5-6,9-10H2,1H3/t11-,15+/m0/s1. The SMILES string of the molecule is C[C@@H](c1ccccc1)N1C(=O)C2=C(CCCC2)[C@H]1O. The van der Waals surface area contributed by atoms with Crippen LogP contribution in [0.2, 0.25) is 0 Å². The molecular formula is C16H19NO2. The van der Waals surface area contributed by atoms with Gasteiger partial charge in [-0.15, -0.1) is 0 Å². The van der Waals surface area contributed by atoms with E-state index >= 15 is 0 Å². The molecule has 1 aromatic rings. The minimum Gasteiger partial charge on any atom is -0.369 e. The smallest absolute Gasteiger partial charge is 0.252 e. The van der Waals surface area contributed by atoms with Gasteiger partial charge in [0.25, 0.3) is 5.91 Å². The molecule has 0 unspecified atom stereocenters. The number of hydrogen-bond donors (Lipinski definition) is 1. The highest BCUT2D eigenvalue weighted by Crippen LogP contribution is 2.39. The van der Waals surface area contributed by atoms with Crippen molar-refractivity contribution < 1.29 is 9.90 Å². The van der Waals surface area contributed by atoms with Crippen molar-refractivity contribution in [1.29, 1.82) is 0 Å². The summed E-state index contributed by atoms with van der Waals surface area (Å²) in [6, 6.07) is 9.80. The number of carbonyl (C=O) groups excluding carboxylic acids is 1. The van der Waals surface area contributed by atoms with Gasteiger partial charge in [-0.1, -0.05) is 30.3 Å². The molecule has 100 valence electrons.